The average Bonchev–Trinajstić information content (AvgIpc) is 3.33. The molecular formula is C24H33N6O16P3. The molecule has 0 saturated carbocycles. The molecule has 0 spiro atoms. The van der Waals surface area contributed by atoms with Gasteiger partial charge in [0, 0.05) is 18.8 Å². The molecule has 1 saturated heterocycles. The molecule has 1 aromatic carbocycles. The molecule has 1 aromatic heterocycles. The van der Waals surface area contributed by atoms with Gasteiger partial charge in [-0.2, -0.15) is 13.6 Å². The molecule has 0 aliphatic carbocycles. The van der Waals surface area contributed by atoms with Gasteiger partial charge in [0.05, 0.1) is 35.3 Å². The highest BCUT2D eigenvalue weighted by molar-refractivity contribution is 7.66. The van der Waals surface area contributed by atoms with E-state index in [1.165, 1.54) is 19.2 Å². The molecule has 270 valence electrons. The summed E-state index contributed by atoms with van der Waals surface area (Å²) in [4.78, 5) is 75.8. The van der Waals surface area contributed by atoms with Crippen LogP contribution in [0.4, 0.5) is 16.3 Å². The van der Waals surface area contributed by atoms with Crippen LogP contribution >= 0.6 is 23.5 Å². The van der Waals surface area contributed by atoms with E-state index in [9.17, 15) is 43.2 Å². The second kappa shape index (κ2) is 16.4. The smallest absolute Gasteiger partial charge is 0.441 e. The maximum absolute atomic E-state index is 12.6. The number of phosphoric acid groups is 3. The molecule has 4 unspecified atom stereocenters. The molecule has 49 heavy (non-hydrogen) atoms. The zero-order chi connectivity index (χ0) is 36.7. The lowest BCUT2D eigenvalue weighted by Crippen LogP contribution is -2.29. The van der Waals surface area contributed by atoms with Crippen LogP contribution in [0.15, 0.2) is 29.2 Å². The second-order valence-electron chi connectivity index (χ2n) is 10.3. The Labute approximate surface area is 277 Å². The summed E-state index contributed by atoms with van der Waals surface area (Å²) in [6.45, 7) is 2.56. The molecule has 1 fully saturated rings. The van der Waals surface area contributed by atoms with Crippen LogP contribution < -0.4 is 22.1 Å². The molecule has 2 aromatic rings. The number of anilines is 1. The minimum Gasteiger partial charge on any atom is -0.441 e. The maximum atomic E-state index is 12.6. The van der Waals surface area contributed by atoms with Crippen LogP contribution in [0.3, 0.4) is 0 Å². The Kier molecular flexibility index (Phi) is 13.4. The number of hydrogen-bond donors (Lipinski definition) is 7. The lowest BCUT2D eigenvalue weighted by Gasteiger charge is -2.20. The number of rotatable bonds is 14. The van der Waals surface area contributed by atoms with E-state index >= 15 is 0 Å². The third-order valence-electron chi connectivity index (χ3n) is 6.58. The number of nitrogens with zero attached hydrogens (tertiary/aromatic N) is 3. The maximum Gasteiger partial charge on any atom is 0.490 e. The summed E-state index contributed by atoms with van der Waals surface area (Å²) in [7, 11) is -15.0. The third kappa shape index (κ3) is 12.1. The van der Waals surface area contributed by atoms with Crippen molar-refractivity contribution in [3.8, 4) is 11.8 Å². The van der Waals surface area contributed by atoms with Gasteiger partial charge >= 0.3 is 35.3 Å². The number of ether oxygens (including phenoxy) is 2. The van der Waals surface area contributed by atoms with E-state index in [1.54, 1.807) is 26.1 Å². The van der Waals surface area contributed by atoms with Crippen LogP contribution in [0.1, 0.15) is 49.3 Å². The molecule has 8 N–H and O–H groups in total. The number of amides is 1. The van der Waals surface area contributed by atoms with E-state index in [-0.39, 0.29) is 35.6 Å². The fourth-order valence-corrected chi connectivity index (χ4v) is 7.46. The van der Waals surface area contributed by atoms with Gasteiger partial charge < -0.3 is 45.4 Å². The van der Waals surface area contributed by atoms with Crippen molar-refractivity contribution in [1.29, 1.82) is 0 Å². The SMILES string of the molecule is CNCc1ccc([N+](=O)[O-])c(C(C)OC(=O)NCC#Cc2cn([C@H]3CC(C)[C@@H](COP(=O)(O)OP(=O)(O)OP(=O)(O)O)O3)c(=O)nc2N)c1. The van der Waals surface area contributed by atoms with Gasteiger partial charge in [0.1, 0.15) is 18.1 Å². The Morgan fingerprint density at radius 2 is 1.94 bits per heavy atom. The average molecular weight is 754 g/mol. The number of phosphoric ester groups is 1. The van der Waals surface area contributed by atoms with Crippen LogP contribution in [-0.4, -0.2) is 66.4 Å². The van der Waals surface area contributed by atoms with Crippen molar-refractivity contribution in [3.05, 3.63) is 61.7 Å². The van der Waals surface area contributed by atoms with Crippen molar-refractivity contribution in [2.75, 3.05) is 25.9 Å². The Balaban J connectivity index is 1.62. The summed E-state index contributed by atoms with van der Waals surface area (Å²) in [6.07, 6.45) is -2.51. The monoisotopic (exact) mass is 754 g/mol. The number of nitro groups is 1. The number of nitrogens with one attached hydrogen (secondary N) is 2. The molecule has 1 amide bonds. The van der Waals surface area contributed by atoms with Gasteiger partial charge in [-0.1, -0.05) is 24.8 Å². The number of carbonyl (C=O) groups excluding carboxylic acids is 1. The van der Waals surface area contributed by atoms with E-state index in [1.807, 2.05) is 0 Å². The van der Waals surface area contributed by atoms with Crippen molar-refractivity contribution >= 4 is 41.1 Å². The number of carbonyl (C=O) groups is 1. The summed E-state index contributed by atoms with van der Waals surface area (Å²) in [5, 5.41) is 16.8. The number of alkyl carbamates (subject to hydrolysis) is 1. The minimum atomic E-state index is -5.71. The summed E-state index contributed by atoms with van der Waals surface area (Å²) >= 11 is 0. The first kappa shape index (κ1) is 39.9. The standard InChI is InChI=1S/C24H33N6O16P3/c1-14-9-21(44-20(14)13-42-48(38,39)46-49(40,41)45-47(35,36)37)29-12-17(22(25)28-23(29)31)5-4-8-27-24(32)43-15(2)18-10-16(11-26-3)6-7-19(18)30(33)34/h6-7,10,12,14-15,20-21,26H,8-9,11,13H2,1-3H3,(H,27,32)(H,38,39)(H,40,41)(H2,25,28,31)(H2,35,36,37)/t14?,15?,20-,21-/m1/s1. The number of nitro benzene ring substituents is 1. The lowest BCUT2D eigenvalue weighted by atomic mass is 10.0. The minimum absolute atomic E-state index is 0.0630. The highest BCUT2D eigenvalue weighted by atomic mass is 31.3. The molecule has 6 atom stereocenters. The van der Waals surface area contributed by atoms with Crippen molar-refractivity contribution < 1.29 is 65.6 Å². The van der Waals surface area contributed by atoms with Crippen molar-refractivity contribution in [2.45, 2.75) is 45.2 Å². The highest BCUT2D eigenvalue weighted by Gasteiger charge is 2.42. The largest absolute Gasteiger partial charge is 0.490 e. The zero-order valence-corrected chi connectivity index (χ0v) is 28.6. The first-order chi connectivity index (χ1) is 22.7. The van der Waals surface area contributed by atoms with Crippen LogP contribution in [-0.2, 0) is 42.9 Å². The molecule has 22 nitrogen and oxygen atoms in total. The first-order valence-electron chi connectivity index (χ1n) is 13.9. The predicted octanol–water partition coefficient (Wildman–Crippen LogP) is 1.56. The number of aromatic nitrogens is 2. The topological polar surface area (TPSA) is 323 Å². The number of hydrogen-bond acceptors (Lipinski definition) is 15. The van der Waals surface area contributed by atoms with Crippen molar-refractivity contribution in [3.63, 3.8) is 0 Å². The van der Waals surface area contributed by atoms with Crippen LogP contribution in [0.25, 0.3) is 0 Å². The Bertz CT molecular complexity index is 1820. The molecule has 1 aliphatic heterocycles. The van der Waals surface area contributed by atoms with Crippen LogP contribution in [0.2, 0.25) is 0 Å². The lowest BCUT2D eigenvalue weighted by molar-refractivity contribution is -0.386. The zero-order valence-electron chi connectivity index (χ0n) is 25.9. The van der Waals surface area contributed by atoms with Crippen molar-refractivity contribution in [1.82, 2.24) is 20.2 Å². The van der Waals surface area contributed by atoms with Gasteiger partial charge in [-0.25, -0.2) is 23.3 Å². The number of benzene rings is 1. The Morgan fingerprint density at radius 1 is 1.24 bits per heavy atom. The van der Waals surface area contributed by atoms with E-state index in [2.05, 4.69) is 40.6 Å². The summed E-state index contributed by atoms with van der Waals surface area (Å²) in [5.41, 5.74) is 5.79. The van der Waals surface area contributed by atoms with Gasteiger partial charge in [0.25, 0.3) is 5.69 Å². The molecule has 0 bridgehead atoms. The van der Waals surface area contributed by atoms with E-state index < -0.39 is 71.1 Å². The molecule has 0 radical (unpaired) electrons. The van der Waals surface area contributed by atoms with Gasteiger partial charge in [-0.15, -0.1) is 0 Å². The van der Waals surface area contributed by atoms with E-state index in [0.717, 1.165) is 10.1 Å². The van der Waals surface area contributed by atoms with E-state index in [4.69, 9.17) is 25.0 Å². The van der Waals surface area contributed by atoms with Crippen molar-refractivity contribution in [2.24, 2.45) is 5.92 Å². The third-order valence-corrected chi connectivity index (χ3v) is 10.4. The molecule has 3 rings (SSSR count). The van der Waals surface area contributed by atoms with Gasteiger partial charge in [-0.3, -0.25) is 19.2 Å². The number of nitrogen functional groups attached to an aromatic ring is 1. The first-order valence-corrected chi connectivity index (χ1v) is 18.4. The summed E-state index contributed by atoms with van der Waals surface area (Å²) < 4.78 is 58.4. The number of nitrogens with two attached hydrogens (primary N) is 1. The van der Waals surface area contributed by atoms with Gasteiger partial charge in [0.2, 0.25) is 0 Å². The highest BCUT2D eigenvalue weighted by Crippen LogP contribution is 2.66. The summed E-state index contributed by atoms with van der Waals surface area (Å²) in [6, 6.07) is 4.47. The summed E-state index contributed by atoms with van der Waals surface area (Å²) in [5.74, 6) is 4.58. The molecular weight excluding hydrogens is 721 g/mol. The quantitative estimate of drug-likeness (QED) is 0.0622. The molecule has 25 heteroatoms. The van der Waals surface area contributed by atoms with Crippen LogP contribution in [0, 0.1) is 27.9 Å². The Hall–Kier alpha value is -3.54. The van der Waals surface area contributed by atoms with Gasteiger partial charge in [-0.05, 0) is 37.9 Å². The predicted molar refractivity (Wildman–Crippen MR) is 166 cm³/mol. The normalized spacial score (nSPS) is 20.7. The van der Waals surface area contributed by atoms with Crippen LogP contribution in [0.5, 0.6) is 0 Å². The van der Waals surface area contributed by atoms with Gasteiger partial charge in [0.15, 0.2) is 0 Å². The molecule has 2 heterocycles. The second-order valence-corrected chi connectivity index (χ2v) is 14.8. The molecule has 1 aliphatic rings. The fourth-order valence-electron chi connectivity index (χ4n) is 4.43. The fraction of sp³-hybridized carbons (Fsp3) is 0.458. The van der Waals surface area contributed by atoms with E-state index in [0.29, 0.717) is 6.54 Å². The Morgan fingerprint density at radius 3 is 2.57 bits per heavy atom.